The fourth-order valence-electron chi connectivity index (χ4n) is 1.15. The average Bonchev–Trinajstić information content (AvgIpc) is 2.27. The van der Waals surface area contributed by atoms with Crippen LogP contribution >= 0.6 is 15.9 Å². The summed E-state index contributed by atoms with van der Waals surface area (Å²) in [4.78, 5) is 19.6. The number of hydrogen-bond donors (Lipinski definition) is 1. The minimum atomic E-state index is -0.439. The Kier molecular flexibility index (Phi) is 4.67. The van der Waals surface area contributed by atoms with Gasteiger partial charge in [-0.1, -0.05) is 13.8 Å². The van der Waals surface area contributed by atoms with Crippen molar-refractivity contribution in [3.8, 4) is 0 Å². The van der Waals surface area contributed by atoms with Gasteiger partial charge in [0.2, 0.25) is 5.95 Å². The molecule has 0 aliphatic rings. The summed E-state index contributed by atoms with van der Waals surface area (Å²) < 4.78 is 5.49. The zero-order valence-corrected chi connectivity index (χ0v) is 11.0. The van der Waals surface area contributed by atoms with Gasteiger partial charge < -0.3 is 10.1 Å². The van der Waals surface area contributed by atoms with E-state index in [0.29, 0.717) is 5.95 Å². The summed E-state index contributed by atoms with van der Waals surface area (Å²) in [7, 11) is 1.36. The number of carbonyl (C=O) groups excluding carboxylic acids is 1. The third-order valence-electron chi connectivity index (χ3n) is 2.03. The van der Waals surface area contributed by atoms with Crippen LogP contribution in [0.5, 0.6) is 0 Å². The highest BCUT2D eigenvalue weighted by molar-refractivity contribution is 9.10. The lowest BCUT2D eigenvalue weighted by atomic mass is 10.1. The number of aromatic nitrogens is 2. The molecule has 0 spiro atoms. The maximum absolute atomic E-state index is 11.5. The van der Waals surface area contributed by atoms with Gasteiger partial charge in [0.05, 0.1) is 11.6 Å². The Hall–Kier alpha value is -1.17. The van der Waals surface area contributed by atoms with Gasteiger partial charge in [0.25, 0.3) is 0 Å². The maximum Gasteiger partial charge on any atom is 0.328 e. The van der Waals surface area contributed by atoms with Crippen LogP contribution in [0.2, 0.25) is 0 Å². The van der Waals surface area contributed by atoms with Crippen LogP contribution in [0.4, 0.5) is 5.95 Å². The van der Waals surface area contributed by atoms with Crippen LogP contribution < -0.4 is 5.32 Å². The lowest BCUT2D eigenvalue weighted by Gasteiger charge is -2.19. The molecule has 1 atom stereocenters. The third-order valence-corrected chi connectivity index (χ3v) is 2.44. The molecule has 1 rings (SSSR count). The summed E-state index contributed by atoms with van der Waals surface area (Å²) in [6.07, 6.45) is 3.23. The molecule has 1 unspecified atom stereocenters. The molecule has 0 saturated carbocycles. The second-order valence-corrected chi connectivity index (χ2v) is 4.53. The van der Waals surface area contributed by atoms with E-state index in [1.807, 2.05) is 13.8 Å². The maximum atomic E-state index is 11.5. The van der Waals surface area contributed by atoms with Gasteiger partial charge in [0, 0.05) is 12.4 Å². The Balaban J connectivity index is 2.75. The summed E-state index contributed by atoms with van der Waals surface area (Å²) in [5.74, 6) is 0.188. The van der Waals surface area contributed by atoms with Gasteiger partial charge in [-0.05, 0) is 21.8 Å². The Morgan fingerprint density at radius 2 is 2.00 bits per heavy atom. The van der Waals surface area contributed by atoms with Crippen molar-refractivity contribution in [3.63, 3.8) is 0 Å². The number of halogens is 1. The molecule has 16 heavy (non-hydrogen) atoms. The van der Waals surface area contributed by atoms with Gasteiger partial charge in [-0.15, -0.1) is 0 Å². The minimum absolute atomic E-state index is 0.0969. The van der Waals surface area contributed by atoms with Gasteiger partial charge >= 0.3 is 5.97 Å². The largest absolute Gasteiger partial charge is 0.467 e. The van der Waals surface area contributed by atoms with E-state index in [9.17, 15) is 4.79 Å². The Labute approximate surface area is 103 Å². The topological polar surface area (TPSA) is 64.1 Å². The van der Waals surface area contributed by atoms with Crippen LogP contribution in [0.1, 0.15) is 13.8 Å². The minimum Gasteiger partial charge on any atom is -0.467 e. The van der Waals surface area contributed by atoms with Crippen LogP contribution in [-0.4, -0.2) is 29.1 Å². The summed E-state index contributed by atoms with van der Waals surface area (Å²) in [5, 5.41) is 2.94. The van der Waals surface area contributed by atoms with Crippen LogP contribution in [0, 0.1) is 5.92 Å². The fourth-order valence-corrected chi connectivity index (χ4v) is 1.36. The smallest absolute Gasteiger partial charge is 0.328 e. The number of anilines is 1. The van der Waals surface area contributed by atoms with Crippen molar-refractivity contribution in [1.29, 1.82) is 0 Å². The summed E-state index contributed by atoms with van der Waals surface area (Å²) in [6.45, 7) is 3.85. The second kappa shape index (κ2) is 5.79. The predicted octanol–water partition coefficient (Wildman–Crippen LogP) is 1.85. The van der Waals surface area contributed by atoms with Crippen molar-refractivity contribution in [1.82, 2.24) is 9.97 Å². The van der Waals surface area contributed by atoms with E-state index in [4.69, 9.17) is 4.74 Å². The van der Waals surface area contributed by atoms with Crippen LogP contribution in [-0.2, 0) is 9.53 Å². The molecule has 0 fully saturated rings. The van der Waals surface area contributed by atoms with Crippen molar-refractivity contribution in [2.24, 2.45) is 5.92 Å². The third kappa shape index (κ3) is 3.44. The van der Waals surface area contributed by atoms with Crippen molar-refractivity contribution in [3.05, 3.63) is 16.9 Å². The zero-order valence-electron chi connectivity index (χ0n) is 9.40. The highest BCUT2D eigenvalue weighted by Crippen LogP contribution is 2.11. The van der Waals surface area contributed by atoms with E-state index in [1.54, 1.807) is 12.4 Å². The average molecular weight is 288 g/mol. The standard InChI is InChI=1S/C10H14BrN3O2/c1-6(2)8(9(15)16-3)14-10-12-4-7(11)5-13-10/h4-6,8H,1-3H3,(H,12,13,14). The molecule has 1 aromatic rings. The number of nitrogens with zero attached hydrogens (tertiary/aromatic N) is 2. The first kappa shape index (κ1) is 12.9. The molecule has 0 radical (unpaired) electrons. The highest BCUT2D eigenvalue weighted by atomic mass is 79.9. The molecule has 88 valence electrons. The second-order valence-electron chi connectivity index (χ2n) is 3.61. The molecular weight excluding hydrogens is 274 g/mol. The molecular formula is C10H14BrN3O2. The first-order valence-electron chi connectivity index (χ1n) is 4.86. The first-order chi connectivity index (χ1) is 7.54. The summed E-state index contributed by atoms with van der Waals surface area (Å²) in [6, 6.07) is -0.439. The number of nitrogens with one attached hydrogen (secondary N) is 1. The lowest BCUT2D eigenvalue weighted by Crippen LogP contribution is -2.36. The van der Waals surface area contributed by atoms with Gasteiger partial charge in [0.15, 0.2) is 0 Å². The quantitative estimate of drug-likeness (QED) is 0.857. The van der Waals surface area contributed by atoms with Crippen LogP contribution in [0.15, 0.2) is 16.9 Å². The molecule has 0 saturated heterocycles. The molecule has 1 N–H and O–H groups in total. The molecule has 5 nitrogen and oxygen atoms in total. The summed E-state index contributed by atoms with van der Waals surface area (Å²) >= 11 is 3.24. The molecule has 0 amide bonds. The lowest BCUT2D eigenvalue weighted by molar-refractivity contribution is -0.142. The van der Waals surface area contributed by atoms with Gasteiger partial charge in [-0.2, -0.15) is 0 Å². The van der Waals surface area contributed by atoms with Crippen molar-refractivity contribution < 1.29 is 9.53 Å². The summed E-state index contributed by atoms with van der Waals surface area (Å²) in [5.41, 5.74) is 0. The van der Waals surface area contributed by atoms with Crippen molar-refractivity contribution >= 4 is 27.8 Å². The molecule has 1 heterocycles. The van der Waals surface area contributed by atoms with E-state index in [2.05, 4.69) is 31.2 Å². The number of methoxy groups -OCH3 is 1. The zero-order chi connectivity index (χ0) is 12.1. The highest BCUT2D eigenvalue weighted by Gasteiger charge is 2.23. The van der Waals surface area contributed by atoms with E-state index >= 15 is 0 Å². The normalized spacial score (nSPS) is 12.3. The Morgan fingerprint density at radius 3 is 2.44 bits per heavy atom. The predicted molar refractivity (Wildman–Crippen MR) is 64.0 cm³/mol. The number of rotatable bonds is 4. The van der Waals surface area contributed by atoms with Gasteiger partial charge in [0.1, 0.15) is 6.04 Å². The molecule has 0 aliphatic heterocycles. The first-order valence-corrected chi connectivity index (χ1v) is 5.65. The Bertz CT molecular complexity index is 354. The molecule has 0 aromatic carbocycles. The van der Waals surface area contributed by atoms with E-state index in [1.165, 1.54) is 7.11 Å². The number of hydrogen-bond acceptors (Lipinski definition) is 5. The number of carbonyl (C=O) groups is 1. The molecule has 6 heteroatoms. The van der Waals surface area contributed by atoms with E-state index < -0.39 is 6.04 Å². The van der Waals surface area contributed by atoms with Crippen molar-refractivity contribution in [2.45, 2.75) is 19.9 Å². The van der Waals surface area contributed by atoms with Crippen LogP contribution in [0.25, 0.3) is 0 Å². The molecule has 0 aliphatic carbocycles. The number of ether oxygens (including phenoxy) is 1. The van der Waals surface area contributed by atoms with Gasteiger partial charge in [-0.3, -0.25) is 0 Å². The van der Waals surface area contributed by atoms with Crippen molar-refractivity contribution in [2.75, 3.05) is 12.4 Å². The fraction of sp³-hybridized carbons (Fsp3) is 0.500. The SMILES string of the molecule is COC(=O)C(Nc1ncc(Br)cn1)C(C)C. The number of esters is 1. The molecule has 0 bridgehead atoms. The van der Waals surface area contributed by atoms with E-state index in [0.717, 1.165) is 4.47 Å². The molecule has 1 aromatic heterocycles. The monoisotopic (exact) mass is 287 g/mol. The van der Waals surface area contributed by atoms with Gasteiger partial charge in [-0.25, -0.2) is 14.8 Å². The van der Waals surface area contributed by atoms with E-state index in [-0.39, 0.29) is 11.9 Å². The van der Waals surface area contributed by atoms with Crippen LogP contribution in [0.3, 0.4) is 0 Å². The Morgan fingerprint density at radius 1 is 1.44 bits per heavy atom.